The van der Waals surface area contributed by atoms with E-state index in [0.717, 1.165) is 27.8 Å². The molecule has 0 saturated carbocycles. The van der Waals surface area contributed by atoms with Crippen molar-refractivity contribution in [2.45, 2.75) is 95.5 Å². The quantitative estimate of drug-likeness (QED) is 0.103. The van der Waals surface area contributed by atoms with Crippen molar-refractivity contribution in [2.24, 2.45) is 0 Å². The van der Waals surface area contributed by atoms with Crippen molar-refractivity contribution in [3.8, 4) is 22.6 Å². The number of nitrogens with zero attached hydrogens (tertiary/aromatic N) is 1. The third kappa shape index (κ3) is 6.84. The van der Waals surface area contributed by atoms with Gasteiger partial charge in [0, 0.05) is 11.1 Å². The lowest BCUT2D eigenvalue weighted by atomic mass is 9.77. The SMILES string of the molecule is CC(C)(C)[Si](C)(C)Oc1ccc(C(=O)[C@H]2OC(=O)N(C3(c4ccccc4)c4ccccc4-c4ccccc43)[C@@H]2C(=O)c2ccc(O[Si](C)(C)C(C)(C)C)cc2)cc1. The van der Waals surface area contributed by atoms with E-state index in [0.29, 0.717) is 22.6 Å². The maximum Gasteiger partial charge on any atom is 0.412 e. The number of fused-ring (bicyclic) bond motifs is 3. The molecule has 7 rings (SSSR count). The zero-order chi connectivity index (χ0) is 41.1. The molecular weight excluding hydrogens is 743 g/mol. The second-order valence-corrected chi connectivity index (χ2v) is 27.7. The maximum absolute atomic E-state index is 15.3. The van der Waals surface area contributed by atoms with Crippen LogP contribution in [0.3, 0.4) is 0 Å². The Morgan fingerprint density at radius 3 is 1.42 bits per heavy atom. The summed E-state index contributed by atoms with van der Waals surface area (Å²) < 4.78 is 19.2. The number of ketones is 2. The van der Waals surface area contributed by atoms with E-state index in [9.17, 15) is 9.59 Å². The first-order valence-electron chi connectivity index (χ1n) is 19.7. The van der Waals surface area contributed by atoms with Crippen molar-refractivity contribution in [3.05, 3.63) is 155 Å². The Kier molecular flexibility index (Phi) is 10.0. The van der Waals surface area contributed by atoms with Gasteiger partial charge in [0.25, 0.3) is 0 Å². The van der Waals surface area contributed by atoms with Gasteiger partial charge in [0.1, 0.15) is 23.1 Å². The average Bonchev–Trinajstić information content (AvgIpc) is 3.66. The van der Waals surface area contributed by atoms with Crippen LogP contribution in [0.1, 0.15) is 78.9 Å². The van der Waals surface area contributed by atoms with Crippen LogP contribution in [0.25, 0.3) is 11.1 Å². The van der Waals surface area contributed by atoms with Gasteiger partial charge in [-0.3, -0.25) is 14.5 Å². The van der Waals surface area contributed by atoms with E-state index < -0.39 is 52.0 Å². The number of cyclic esters (lactones) is 1. The standard InChI is InChI=1S/C48H53NO6Si2/c1-46(2,3)56(7,8)54-35-28-24-32(25-29-35)42(50)41-44(43(51)33-26-30-36(31-27-33)55-57(9,10)47(4,5)6)53-45(52)49(41)48(34-18-12-11-13-19-34)39-22-16-14-20-37(39)38-21-15-17-23-40(38)48/h11-31,41,44H,1-10H3/t41-,44+/m1/s1. The highest BCUT2D eigenvalue weighted by Gasteiger charge is 2.62. The molecule has 0 aromatic heterocycles. The molecule has 1 saturated heterocycles. The van der Waals surface area contributed by atoms with Crippen LogP contribution in [-0.2, 0) is 10.3 Å². The highest BCUT2D eigenvalue weighted by Crippen LogP contribution is 2.56. The highest BCUT2D eigenvalue weighted by atomic mass is 28.4. The normalized spacial score (nSPS) is 17.7. The number of ether oxygens (including phenoxy) is 1. The van der Waals surface area contributed by atoms with Crippen LogP contribution < -0.4 is 8.85 Å². The van der Waals surface area contributed by atoms with Gasteiger partial charge in [-0.1, -0.05) is 120 Å². The predicted molar refractivity (Wildman–Crippen MR) is 231 cm³/mol. The number of benzene rings is 5. The van der Waals surface area contributed by atoms with Gasteiger partial charge in [-0.25, -0.2) is 4.79 Å². The molecule has 1 aliphatic heterocycles. The number of hydrogen-bond acceptors (Lipinski definition) is 6. The van der Waals surface area contributed by atoms with Crippen LogP contribution in [0, 0.1) is 0 Å². The summed E-state index contributed by atoms with van der Waals surface area (Å²) in [6.07, 6.45) is -2.20. The minimum Gasteiger partial charge on any atom is -0.544 e. The summed E-state index contributed by atoms with van der Waals surface area (Å²) in [4.78, 5) is 46.4. The third-order valence-corrected chi connectivity index (χ3v) is 21.3. The largest absolute Gasteiger partial charge is 0.544 e. The van der Waals surface area contributed by atoms with E-state index in [1.165, 1.54) is 4.90 Å². The third-order valence-electron chi connectivity index (χ3n) is 12.6. The maximum atomic E-state index is 15.3. The van der Waals surface area contributed by atoms with Crippen molar-refractivity contribution in [1.82, 2.24) is 4.90 Å². The zero-order valence-corrected chi connectivity index (χ0v) is 36.7. The lowest BCUT2D eigenvalue weighted by Crippen LogP contribution is -2.56. The number of Topliss-reactive ketones (excluding diaryl/α,β-unsaturated/α-hetero) is 2. The molecule has 0 bridgehead atoms. The Balaban J connectivity index is 1.37. The predicted octanol–water partition coefficient (Wildman–Crippen LogP) is 11.7. The fourth-order valence-electron chi connectivity index (χ4n) is 7.48. The molecule has 1 heterocycles. The van der Waals surface area contributed by atoms with E-state index >= 15 is 4.79 Å². The van der Waals surface area contributed by atoms with Gasteiger partial charge in [-0.15, -0.1) is 0 Å². The van der Waals surface area contributed by atoms with E-state index in [2.05, 4.69) is 67.7 Å². The van der Waals surface area contributed by atoms with Crippen molar-refractivity contribution in [1.29, 1.82) is 0 Å². The van der Waals surface area contributed by atoms with Crippen molar-refractivity contribution in [3.63, 3.8) is 0 Å². The average molecular weight is 796 g/mol. The second-order valence-electron chi connectivity index (χ2n) is 18.3. The molecule has 5 aromatic rings. The molecule has 1 amide bonds. The molecule has 7 nitrogen and oxygen atoms in total. The molecule has 9 heteroatoms. The van der Waals surface area contributed by atoms with Crippen LogP contribution in [0.2, 0.25) is 36.3 Å². The lowest BCUT2D eigenvalue weighted by Gasteiger charge is -2.42. The molecule has 1 aliphatic carbocycles. The van der Waals surface area contributed by atoms with E-state index in [-0.39, 0.29) is 10.1 Å². The van der Waals surface area contributed by atoms with Crippen molar-refractivity contribution >= 4 is 34.3 Å². The molecule has 57 heavy (non-hydrogen) atoms. The smallest absolute Gasteiger partial charge is 0.412 e. The second kappa shape index (κ2) is 14.3. The van der Waals surface area contributed by atoms with Crippen LogP contribution in [0.4, 0.5) is 4.79 Å². The van der Waals surface area contributed by atoms with E-state index in [1.54, 1.807) is 48.5 Å². The van der Waals surface area contributed by atoms with Crippen LogP contribution in [0.15, 0.2) is 127 Å². The molecule has 0 spiro atoms. The van der Waals surface area contributed by atoms with Gasteiger partial charge in [-0.05, 0) is 113 Å². The molecule has 0 unspecified atom stereocenters. The van der Waals surface area contributed by atoms with Crippen molar-refractivity contribution in [2.75, 3.05) is 0 Å². The lowest BCUT2D eigenvalue weighted by molar-refractivity contribution is 0.0654. The number of carbonyl (C=O) groups excluding carboxylic acids is 3. The van der Waals surface area contributed by atoms with Gasteiger partial charge < -0.3 is 13.6 Å². The highest BCUT2D eigenvalue weighted by molar-refractivity contribution is 6.75. The summed E-state index contributed by atoms with van der Waals surface area (Å²) in [7, 11) is -4.32. The topological polar surface area (TPSA) is 82.1 Å². The fourth-order valence-corrected chi connectivity index (χ4v) is 9.55. The first kappa shape index (κ1) is 40.0. The zero-order valence-electron chi connectivity index (χ0n) is 34.7. The van der Waals surface area contributed by atoms with Crippen LogP contribution >= 0.6 is 0 Å². The summed E-state index contributed by atoms with van der Waals surface area (Å²) in [5.74, 6) is 0.454. The van der Waals surface area contributed by atoms with Crippen LogP contribution in [-0.4, -0.2) is 51.3 Å². The Morgan fingerprint density at radius 2 is 0.982 bits per heavy atom. The number of amides is 1. The number of rotatable bonds is 10. The number of hydrogen-bond donors (Lipinski definition) is 0. The van der Waals surface area contributed by atoms with Gasteiger partial charge in [0.15, 0.2) is 11.9 Å². The Bertz CT molecular complexity index is 2280. The van der Waals surface area contributed by atoms with E-state index in [1.807, 2.05) is 78.9 Å². The Hall–Kier alpha value is -5.26. The van der Waals surface area contributed by atoms with Crippen LogP contribution in [0.5, 0.6) is 11.5 Å². The van der Waals surface area contributed by atoms with Gasteiger partial charge in [-0.2, -0.15) is 0 Å². The summed E-state index contributed by atoms with van der Waals surface area (Å²) in [5, 5.41) is -0.0381. The first-order chi connectivity index (χ1) is 26.8. The molecular formula is C48H53NO6Si2. The number of carbonyl (C=O) groups is 3. The van der Waals surface area contributed by atoms with Gasteiger partial charge in [0.2, 0.25) is 22.4 Å². The summed E-state index contributed by atoms with van der Waals surface area (Å²) in [6.45, 7) is 21.7. The molecule has 0 radical (unpaired) electrons. The molecule has 1 fully saturated rings. The van der Waals surface area contributed by atoms with Gasteiger partial charge >= 0.3 is 6.09 Å². The Labute approximate surface area is 339 Å². The Morgan fingerprint density at radius 1 is 0.579 bits per heavy atom. The summed E-state index contributed by atoms with van der Waals surface area (Å²) in [5.41, 5.74) is 3.66. The van der Waals surface area contributed by atoms with E-state index in [4.69, 9.17) is 13.6 Å². The minimum absolute atomic E-state index is 0.0160. The molecule has 0 N–H and O–H groups in total. The van der Waals surface area contributed by atoms with Gasteiger partial charge in [0.05, 0.1) is 0 Å². The monoisotopic (exact) mass is 795 g/mol. The summed E-state index contributed by atoms with van der Waals surface area (Å²) >= 11 is 0. The molecule has 2 atom stereocenters. The summed E-state index contributed by atoms with van der Waals surface area (Å²) in [6, 6.07) is 38.3. The molecule has 2 aliphatic rings. The first-order valence-corrected chi connectivity index (χ1v) is 25.5. The molecule has 294 valence electrons. The minimum atomic E-state index is -2.17. The molecule has 5 aromatic carbocycles. The fraction of sp³-hybridized carbons (Fsp3) is 0.312. The van der Waals surface area contributed by atoms with Crippen molar-refractivity contribution < 1.29 is 28.0 Å².